The largest absolute Gasteiger partial charge is 0.493 e. The summed E-state index contributed by atoms with van der Waals surface area (Å²) in [4.78, 5) is 8.31. The molecule has 2 heterocycles. The van der Waals surface area contributed by atoms with Gasteiger partial charge in [0.25, 0.3) is 0 Å². The van der Waals surface area contributed by atoms with Crippen molar-refractivity contribution in [2.45, 2.75) is 6.61 Å². The highest BCUT2D eigenvalue weighted by molar-refractivity contribution is 9.10. The van der Waals surface area contributed by atoms with Gasteiger partial charge >= 0.3 is 0 Å². The van der Waals surface area contributed by atoms with Crippen LogP contribution in [0.4, 0.5) is 0 Å². The predicted molar refractivity (Wildman–Crippen MR) is 73.6 cm³/mol. The van der Waals surface area contributed by atoms with Gasteiger partial charge in [-0.15, -0.1) is 0 Å². The van der Waals surface area contributed by atoms with Crippen molar-refractivity contribution in [1.82, 2.24) is 9.97 Å². The van der Waals surface area contributed by atoms with E-state index in [2.05, 4.69) is 25.9 Å². The van der Waals surface area contributed by atoms with E-state index in [-0.39, 0.29) is 6.61 Å². The van der Waals surface area contributed by atoms with Crippen LogP contribution >= 0.6 is 15.9 Å². The Morgan fingerprint density at radius 1 is 1.11 bits per heavy atom. The van der Waals surface area contributed by atoms with Crippen LogP contribution < -0.4 is 14.2 Å². The van der Waals surface area contributed by atoms with Crippen molar-refractivity contribution >= 4 is 15.9 Å². The van der Waals surface area contributed by atoms with E-state index in [1.54, 1.807) is 32.7 Å². The molecule has 0 radical (unpaired) electrons. The molecule has 5 nitrogen and oxygen atoms in total. The smallest absolute Gasteiger partial charge is 0.185 e. The third-order valence-electron chi connectivity index (χ3n) is 2.44. The standard InChI is InChI=1S/C13H13BrN2O3/c1-17-11-5-6-15-10(13(11)18-2)8-19-9-3-4-12(14)16-7-9/h3-7H,8H2,1-2H3. The molecule has 0 amide bonds. The minimum Gasteiger partial charge on any atom is -0.493 e. The molecule has 2 aromatic rings. The van der Waals surface area contributed by atoms with E-state index in [0.29, 0.717) is 22.9 Å². The van der Waals surface area contributed by atoms with Crippen LogP contribution in [0.1, 0.15) is 5.69 Å². The summed E-state index contributed by atoms with van der Waals surface area (Å²) in [6, 6.07) is 5.37. The van der Waals surface area contributed by atoms with Gasteiger partial charge in [0, 0.05) is 12.3 Å². The minimum absolute atomic E-state index is 0.281. The molecular weight excluding hydrogens is 312 g/mol. The fraction of sp³-hybridized carbons (Fsp3) is 0.231. The summed E-state index contributed by atoms with van der Waals surface area (Å²) in [6.07, 6.45) is 3.29. The zero-order valence-electron chi connectivity index (χ0n) is 10.6. The van der Waals surface area contributed by atoms with Crippen LogP contribution in [-0.2, 0) is 6.61 Å². The average Bonchev–Trinajstić information content (AvgIpc) is 2.46. The molecule has 100 valence electrons. The van der Waals surface area contributed by atoms with E-state index < -0.39 is 0 Å². The van der Waals surface area contributed by atoms with Gasteiger partial charge in [-0.3, -0.25) is 4.98 Å². The average molecular weight is 325 g/mol. The lowest BCUT2D eigenvalue weighted by Gasteiger charge is -2.12. The molecule has 0 unspecified atom stereocenters. The third-order valence-corrected chi connectivity index (χ3v) is 2.91. The lowest BCUT2D eigenvalue weighted by Crippen LogP contribution is -2.03. The van der Waals surface area contributed by atoms with Gasteiger partial charge in [-0.2, -0.15) is 0 Å². The van der Waals surface area contributed by atoms with Crippen molar-refractivity contribution in [2.24, 2.45) is 0 Å². The van der Waals surface area contributed by atoms with Crippen LogP contribution in [0.25, 0.3) is 0 Å². The van der Waals surface area contributed by atoms with Gasteiger partial charge in [-0.1, -0.05) is 0 Å². The van der Waals surface area contributed by atoms with Crippen LogP contribution in [0, 0.1) is 0 Å². The normalized spacial score (nSPS) is 10.1. The molecule has 0 aromatic carbocycles. The number of hydrogen-bond donors (Lipinski definition) is 0. The molecule has 0 aliphatic carbocycles. The van der Waals surface area contributed by atoms with E-state index in [4.69, 9.17) is 14.2 Å². The maximum atomic E-state index is 5.61. The topological polar surface area (TPSA) is 53.5 Å². The Labute approximate surface area is 119 Å². The Balaban J connectivity index is 2.13. The molecule has 0 fully saturated rings. The Bertz CT molecular complexity index is 546. The van der Waals surface area contributed by atoms with Crippen LogP contribution in [0.5, 0.6) is 17.2 Å². The van der Waals surface area contributed by atoms with Gasteiger partial charge in [-0.25, -0.2) is 4.98 Å². The zero-order chi connectivity index (χ0) is 13.7. The molecule has 0 saturated carbocycles. The second kappa shape index (κ2) is 6.38. The number of methoxy groups -OCH3 is 2. The molecule has 0 saturated heterocycles. The van der Waals surface area contributed by atoms with Gasteiger partial charge in [0.05, 0.1) is 20.4 Å². The van der Waals surface area contributed by atoms with Crippen molar-refractivity contribution in [3.05, 3.63) is 40.9 Å². The first-order valence-corrected chi connectivity index (χ1v) is 6.34. The van der Waals surface area contributed by atoms with Crippen molar-refractivity contribution in [3.8, 4) is 17.2 Å². The predicted octanol–water partition coefficient (Wildman–Crippen LogP) is 2.84. The first-order chi connectivity index (χ1) is 9.24. The van der Waals surface area contributed by atoms with Crippen molar-refractivity contribution < 1.29 is 14.2 Å². The van der Waals surface area contributed by atoms with Crippen LogP contribution in [0.3, 0.4) is 0 Å². The number of rotatable bonds is 5. The number of nitrogens with zero attached hydrogens (tertiary/aromatic N) is 2. The molecule has 19 heavy (non-hydrogen) atoms. The summed E-state index contributed by atoms with van der Waals surface area (Å²) >= 11 is 3.27. The monoisotopic (exact) mass is 324 g/mol. The molecule has 2 aromatic heterocycles. The van der Waals surface area contributed by atoms with Gasteiger partial charge in [0.2, 0.25) is 0 Å². The summed E-state index contributed by atoms with van der Waals surface area (Å²) < 4.78 is 16.9. The Hall–Kier alpha value is -1.82. The third kappa shape index (κ3) is 3.35. The van der Waals surface area contributed by atoms with Crippen LogP contribution in [0.2, 0.25) is 0 Å². The Kier molecular flexibility index (Phi) is 4.57. The van der Waals surface area contributed by atoms with Gasteiger partial charge < -0.3 is 14.2 Å². The van der Waals surface area contributed by atoms with Gasteiger partial charge in [-0.05, 0) is 28.1 Å². The van der Waals surface area contributed by atoms with Crippen LogP contribution in [0.15, 0.2) is 35.2 Å². The molecule has 0 N–H and O–H groups in total. The van der Waals surface area contributed by atoms with Crippen molar-refractivity contribution in [1.29, 1.82) is 0 Å². The molecule has 0 spiro atoms. The summed E-state index contributed by atoms with van der Waals surface area (Å²) in [5.41, 5.74) is 0.671. The van der Waals surface area contributed by atoms with Gasteiger partial charge in [0.1, 0.15) is 22.7 Å². The fourth-order valence-corrected chi connectivity index (χ4v) is 1.79. The molecule has 6 heteroatoms. The molecule has 0 aliphatic heterocycles. The molecular formula is C13H13BrN2O3. The number of aromatic nitrogens is 2. The molecule has 2 rings (SSSR count). The quantitative estimate of drug-likeness (QED) is 0.791. The first kappa shape index (κ1) is 13.6. The first-order valence-electron chi connectivity index (χ1n) is 5.55. The molecule has 0 aliphatic rings. The highest BCUT2D eigenvalue weighted by atomic mass is 79.9. The number of hydrogen-bond acceptors (Lipinski definition) is 5. The van der Waals surface area contributed by atoms with E-state index in [1.165, 1.54) is 0 Å². The maximum Gasteiger partial charge on any atom is 0.185 e. The summed E-state index contributed by atoms with van der Waals surface area (Å²) in [6.45, 7) is 0.281. The minimum atomic E-state index is 0.281. The second-order valence-corrected chi connectivity index (χ2v) is 4.41. The van der Waals surface area contributed by atoms with E-state index in [1.807, 2.05) is 12.1 Å². The van der Waals surface area contributed by atoms with E-state index in [0.717, 1.165) is 4.60 Å². The number of ether oxygens (including phenoxy) is 3. The summed E-state index contributed by atoms with van der Waals surface area (Å²) in [7, 11) is 3.16. The van der Waals surface area contributed by atoms with Crippen molar-refractivity contribution in [2.75, 3.05) is 14.2 Å². The summed E-state index contributed by atoms with van der Waals surface area (Å²) in [5, 5.41) is 0. The van der Waals surface area contributed by atoms with E-state index >= 15 is 0 Å². The maximum absolute atomic E-state index is 5.61. The molecule has 0 atom stereocenters. The highest BCUT2D eigenvalue weighted by Gasteiger charge is 2.11. The van der Waals surface area contributed by atoms with Crippen LogP contribution in [-0.4, -0.2) is 24.2 Å². The summed E-state index contributed by atoms with van der Waals surface area (Å²) in [5.74, 6) is 1.87. The SMILES string of the molecule is COc1ccnc(COc2ccc(Br)nc2)c1OC. The second-order valence-electron chi connectivity index (χ2n) is 3.60. The lowest BCUT2D eigenvalue weighted by molar-refractivity contribution is 0.284. The molecule has 0 bridgehead atoms. The fourth-order valence-electron chi connectivity index (χ4n) is 1.55. The Morgan fingerprint density at radius 2 is 1.95 bits per heavy atom. The zero-order valence-corrected chi connectivity index (χ0v) is 12.2. The van der Waals surface area contributed by atoms with E-state index in [9.17, 15) is 0 Å². The van der Waals surface area contributed by atoms with Gasteiger partial charge in [0.15, 0.2) is 11.5 Å². The highest BCUT2D eigenvalue weighted by Crippen LogP contribution is 2.29. The lowest BCUT2D eigenvalue weighted by atomic mass is 10.3. The number of pyridine rings is 2. The van der Waals surface area contributed by atoms with Crippen molar-refractivity contribution in [3.63, 3.8) is 0 Å². The number of halogens is 1. The Morgan fingerprint density at radius 3 is 2.58 bits per heavy atom.